The van der Waals surface area contributed by atoms with Crippen molar-refractivity contribution in [3.8, 4) is 17.0 Å². The molecular formula is C24H28N4O2S. The van der Waals surface area contributed by atoms with Crippen molar-refractivity contribution in [3.63, 3.8) is 0 Å². The summed E-state index contributed by atoms with van der Waals surface area (Å²) in [5, 5.41) is 1.81. The molecule has 1 aliphatic rings. The number of pyridine rings is 1. The molecule has 0 aliphatic heterocycles. The first-order valence-electron chi connectivity index (χ1n) is 10.8. The average Bonchev–Trinajstić information content (AvgIpc) is 3.34. The van der Waals surface area contributed by atoms with Crippen LogP contribution in [0.15, 0.2) is 53.4 Å². The summed E-state index contributed by atoms with van der Waals surface area (Å²) in [7, 11) is 0. The number of hydrogen-bond donors (Lipinski definition) is 1. The predicted octanol–water partition coefficient (Wildman–Crippen LogP) is 4.52. The zero-order chi connectivity index (χ0) is 21.6. The van der Waals surface area contributed by atoms with Gasteiger partial charge in [0.2, 0.25) is 0 Å². The molecule has 0 unspecified atom stereocenters. The molecule has 1 aromatic carbocycles. The standard InChI is InChI=1S/C24H28N4O2S/c1-2-30-21-7-3-5-17(13-21)22-8-4-6-19(27-22)14-28(20-11-9-18(25)10-12-20)24(29)23-15-31-16-26-23/h3-8,13,15-16,18,20H,2,9-12,14,25H2,1H3. The maximum absolute atomic E-state index is 13.3. The van der Waals surface area contributed by atoms with Crippen molar-refractivity contribution < 1.29 is 9.53 Å². The Bertz CT molecular complexity index is 1000. The number of benzene rings is 1. The number of ether oxygens (including phenoxy) is 1. The van der Waals surface area contributed by atoms with E-state index in [1.807, 2.05) is 59.7 Å². The minimum atomic E-state index is -0.0349. The zero-order valence-corrected chi connectivity index (χ0v) is 18.6. The van der Waals surface area contributed by atoms with E-state index in [2.05, 4.69) is 4.98 Å². The van der Waals surface area contributed by atoms with Gasteiger partial charge >= 0.3 is 0 Å². The van der Waals surface area contributed by atoms with E-state index in [4.69, 9.17) is 15.5 Å². The molecule has 0 saturated heterocycles. The quantitative estimate of drug-likeness (QED) is 0.589. The Kier molecular flexibility index (Phi) is 6.94. The number of nitrogens with two attached hydrogens (primary N) is 1. The SMILES string of the molecule is CCOc1cccc(-c2cccc(CN(C(=O)c3cscn3)C3CCC(N)CC3)n2)c1. The highest BCUT2D eigenvalue weighted by Gasteiger charge is 2.29. The second-order valence-electron chi connectivity index (χ2n) is 7.85. The molecule has 31 heavy (non-hydrogen) atoms. The summed E-state index contributed by atoms with van der Waals surface area (Å²) in [5.74, 6) is 0.790. The van der Waals surface area contributed by atoms with Crippen molar-refractivity contribution in [1.82, 2.24) is 14.9 Å². The minimum absolute atomic E-state index is 0.0349. The molecule has 2 N–H and O–H groups in total. The van der Waals surface area contributed by atoms with Gasteiger partial charge in [-0.3, -0.25) is 9.78 Å². The molecule has 2 heterocycles. The molecule has 4 rings (SSSR count). The topological polar surface area (TPSA) is 81.3 Å². The van der Waals surface area contributed by atoms with Gasteiger partial charge in [-0.05, 0) is 56.9 Å². The molecule has 0 bridgehead atoms. The number of thiazole rings is 1. The first-order valence-corrected chi connectivity index (χ1v) is 11.7. The van der Waals surface area contributed by atoms with Crippen LogP contribution in [0.1, 0.15) is 48.8 Å². The Morgan fingerprint density at radius 3 is 2.74 bits per heavy atom. The van der Waals surface area contributed by atoms with E-state index in [0.29, 0.717) is 18.8 Å². The van der Waals surface area contributed by atoms with Gasteiger partial charge in [-0.25, -0.2) is 4.98 Å². The lowest BCUT2D eigenvalue weighted by molar-refractivity contribution is 0.0598. The zero-order valence-electron chi connectivity index (χ0n) is 17.7. The summed E-state index contributed by atoms with van der Waals surface area (Å²) < 4.78 is 5.63. The summed E-state index contributed by atoms with van der Waals surface area (Å²) in [6, 6.07) is 14.3. The molecule has 1 aliphatic carbocycles. The second-order valence-corrected chi connectivity index (χ2v) is 8.57. The third-order valence-electron chi connectivity index (χ3n) is 5.67. The van der Waals surface area contributed by atoms with Crippen molar-refractivity contribution in [3.05, 3.63) is 64.7 Å². The van der Waals surface area contributed by atoms with E-state index < -0.39 is 0 Å². The molecule has 1 saturated carbocycles. The molecule has 162 valence electrons. The van der Waals surface area contributed by atoms with E-state index in [1.165, 1.54) is 11.3 Å². The third kappa shape index (κ3) is 5.29. The van der Waals surface area contributed by atoms with Crippen molar-refractivity contribution >= 4 is 17.2 Å². The minimum Gasteiger partial charge on any atom is -0.494 e. The molecular weight excluding hydrogens is 408 g/mol. The maximum Gasteiger partial charge on any atom is 0.273 e. The van der Waals surface area contributed by atoms with Gasteiger partial charge in [-0.1, -0.05) is 18.2 Å². The molecule has 3 aromatic rings. The second kappa shape index (κ2) is 10.0. The largest absolute Gasteiger partial charge is 0.494 e. The van der Waals surface area contributed by atoms with Crippen LogP contribution in [0, 0.1) is 0 Å². The Morgan fingerprint density at radius 1 is 1.19 bits per heavy atom. The predicted molar refractivity (Wildman–Crippen MR) is 123 cm³/mol. The van der Waals surface area contributed by atoms with Gasteiger partial charge in [0.15, 0.2) is 0 Å². The van der Waals surface area contributed by atoms with Crippen LogP contribution < -0.4 is 10.5 Å². The van der Waals surface area contributed by atoms with Crippen molar-refractivity contribution in [2.24, 2.45) is 5.73 Å². The molecule has 0 spiro atoms. The summed E-state index contributed by atoms with van der Waals surface area (Å²) in [4.78, 5) is 24.3. The molecule has 1 fully saturated rings. The van der Waals surface area contributed by atoms with E-state index in [9.17, 15) is 4.79 Å². The number of nitrogens with zero attached hydrogens (tertiary/aromatic N) is 3. The fourth-order valence-corrected chi connectivity index (χ4v) is 4.59. The van der Waals surface area contributed by atoms with E-state index in [-0.39, 0.29) is 18.0 Å². The lowest BCUT2D eigenvalue weighted by atomic mass is 9.90. The third-order valence-corrected chi connectivity index (χ3v) is 6.26. The van der Waals surface area contributed by atoms with Crippen LogP contribution in [0.25, 0.3) is 11.3 Å². The summed E-state index contributed by atoms with van der Waals surface area (Å²) >= 11 is 1.44. The number of amides is 1. The molecule has 0 radical (unpaired) electrons. The van der Waals surface area contributed by atoms with Gasteiger partial charge in [0.25, 0.3) is 5.91 Å². The van der Waals surface area contributed by atoms with Crippen molar-refractivity contribution in [2.45, 2.75) is 51.2 Å². The summed E-state index contributed by atoms with van der Waals surface area (Å²) in [5.41, 5.74) is 11.0. The number of hydrogen-bond acceptors (Lipinski definition) is 6. The van der Waals surface area contributed by atoms with Gasteiger partial charge in [0.1, 0.15) is 11.4 Å². The lowest BCUT2D eigenvalue weighted by Gasteiger charge is -2.35. The van der Waals surface area contributed by atoms with Gasteiger partial charge in [-0.15, -0.1) is 11.3 Å². The van der Waals surface area contributed by atoms with Crippen molar-refractivity contribution in [1.29, 1.82) is 0 Å². The van der Waals surface area contributed by atoms with E-state index in [1.54, 1.807) is 5.51 Å². The highest BCUT2D eigenvalue weighted by molar-refractivity contribution is 7.07. The molecule has 7 heteroatoms. The van der Waals surface area contributed by atoms with E-state index in [0.717, 1.165) is 48.4 Å². The van der Waals surface area contributed by atoms with Gasteiger partial charge in [0.05, 0.1) is 30.1 Å². The highest BCUT2D eigenvalue weighted by Crippen LogP contribution is 2.27. The fourth-order valence-electron chi connectivity index (χ4n) is 4.06. The van der Waals surface area contributed by atoms with Gasteiger partial charge < -0.3 is 15.4 Å². The number of rotatable bonds is 7. The average molecular weight is 437 g/mol. The Hall–Kier alpha value is -2.77. The molecule has 6 nitrogen and oxygen atoms in total. The normalized spacial score (nSPS) is 18.5. The van der Waals surface area contributed by atoms with E-state index >= 15 is 0 Å². The van der Waals surface area contributed by atoms with Crippen LogP contribution in [0.5, 0.6) is 5.75 Å². The Labute approximate surface area is 187 Å². The smallest absolute Gasteiger partial charge is 0.273 e. The van der Waals surface area contributed by atoms with Crippen LogP contribution >= 0.6 is 11.3 Å². The summed E-state index contributed by atoms with van der Waals surface area (Å²) in [6.45, 7) is 3.04. The van der Waals surface area contributed by atoms with Crippen LogP contribution in [0.4, 0.5) is 0 Å². The molecule has 1 amide bonds. The fraction of sp³-hybridized carbons (Fsp3) is 0.375. The number of aromatic nitrogens is 2. The summed E-state index contributed by atoms with van der Waals surface area (Å²) in [6.07, 6.45) is 3.69. The van der Waals surface area contributed by atoms with Crippen LogP contribution in [0.2, 0.25) is 0 Å². The Balaban J connectivity index is 1.59. The maximum atomic E-state index is 13.3. The van der Waals surface area contributed by atoms with Gasteiger partial charge in [0, 0.05) is 23.0 Å². The first kappa shape index (κ1) is 21.5. The van der Waals surface area contributed by atoms with Crippen LogP contribution in [-0.4, -0.2) is 39.5 Å². The monoisotopic (exact) mass is 436 g/mol. The first-order chi connectivity index (χ1) is 15.1. The van der Waals surface area contributed by atoms with Crippen LogP contribution in [-0.2, 0) is 6.54 Å². The highest BCUT2D eigenvalue weighted by atomic mass is 32.1. The lowest BCUT2D eigenvalue weighted by Crippen LogP contribution is -2.44. The van der Waals surface area contributed by atoms with Gasteiger partial charge in [-0.2, -0.15) is 0 Å². The van der Waals surface area contributed by atoms with Crippen molar-refractivity contribution in [2.75, 3.05) is 6.61 Å². The number of carbonyl (C=O) groups is 1. The Morgan fingerprint density at radius 2 is 2.00 bits per heavy atom. The molecule has 2 aromatic heterocycles. The number of carbonyl (C=O) groups excluding carboxylic acids is 1. The molecule has 0 atom stereocenters. The van der Waals surface area contributed by atoms with Crippen LogP contribution in [0.3, 0.4) is 0 Å².